The van der Waals surface area contributed by atoms with Crippen LogP contribution in [0.3, 0.4) is 0 Å². The van der Waals surface area contributed by atoms with Gasteiger partial charge in [0.05, 0.1) is 6.54 Å². The predicted octanol–water partition coefficient (Wildman–Crippen LogP) is 4.53. The van der Waals surface area contributed by atoms with Gasteiger partial charge >= 0.3 is 5.97 Å². The molecular weight excluding hydrogens is 302 g/mol. The second-order valence-electron chi connectivity index (χ2n) is 6.66. The van der Waals surface area contributed by atoms with Gasteiger partial charge < -0.3 is 9.52 Å². The van der Waals surface area contributed by atoms with Gasteiger partial charge in [0.2, 0.25) is 5.76 Å². The van der Waals surface area contributed by atoms with Crippen molar-refractivity contribution in [1.29, 1.82) is 0 Å². The molecule has 2 unspecified atom stereocenters. The molecule has 2 heterocycles. The van der Waals surface area contributed by atoms with Crippen LogP contribution < -0.4 is 0 Å². The molecule has 0 radical (unpaired) electrons. The van der Waals surface area contributed by atoms with Crippen molar-refractivity contribution in [3.8, 4) is 0 Å². The number of likely N-dealkylation sites (tertiary alicyclic amines) is 1. The van der Waals surface area contributed by atoms with E-state index in [-0.39, 0.29) is 5.76 Å². The van der Waals surface area contributed by atoms with E-state index in [1.807, 2.05) is 0 Å². The molecule has 3 rings (SSSR count). The summed E-state index contributed by atoms with van der Waals surface area (Å²) in [6, 6.07) is 14.4. The highest BCUT2D eigenvalue weighted by Gasteiger charge is 2.28. The largest absolute Gasteiger partial charge is 0.475 e. The molecule has 1 aromatic carbocycles. The summed E-state index contributed by atoms with van der Waals surface area (Å²) in [7, 11) is 0. The van der Waals surface area contributed by atoms with Crippen molar-refractivity contribution in [3.05, 3.63) is 59.5 Å². The van der Waals surface area contributed by atoms with Crippen LogP contribution in [0.5, 0.6) is 0 Å². The Hall–Kier alpha value is -2.07. The molecule has 4 nitrogen and oxygen atoms in total. The van der Waals surface area contributed by atoms with E-state index in [4.69, 9.17) is 9.52 Å². The highest BCUT2D eigenvalue weighted by atomic mass is 16.4. The number of hydrogen-bond donors (Lipinski definition) is 1. The fourth-order valence-electron chi connectivity index (χ4n) is 3.71. The lowest BCUT2D eigenvalue weighted by atomic mass is 9.89. The van der Waals surface area contributed by atoms with Crippen LogP contribution in [0.15, 0.2) is 46.9 Å². The lowest BCUT2D eigenvalue weighted by Crippen LogP contribution is -2.37. The molecule has 24 heavy (non-hydrogen) atoms. The molecule has 0 aliphatic carbocycles. The van der Waals surface area contributed by atoms with Crippen LogP contribution >= 0.6 is 0 Å². The number of carbonyl (C=O) groups is 1. The monoisotopic (exact) mass is 327 g/mol. The normalized spacial score (nSPS) is 20.5. The van der Waals surface area contributed by atoms with Crippen molar-refractivity contribution < 1.29 is 14.3 Å². The minimum absolute atomic E-state index is 0.0208. The zero-order valence-electron chi connectivity index (χ0n) is 14.1. The van der Waals surface area contributed by atoms with Gasteiger partial charge in [-0.1, -0.05) is 50.1 Å². The number of carboxylic acid groups (broad SMARTS) is 1. The van der Waals surface area contributed by atoms with Crippen molar-refractivity contribution in [2.45, 2.75) is 51.1 Å². The third-order valence-corrected chi connectivity index (χ3v) is 5.05. The Morgan fingerprint density at radius 1 is 1.21 bits per heavy atom. The summed E-state index contributed by atoms with van der Waals surface area (Å²) in [4.78, 5) is 13.5. The Bertz CT molecular complexity index is 665. The summed E-state index contributed by atoms with van der Waals surface area (Å²) in [6.45, 7) is 4.00. The van der Waals surface area contributed by atoms with Crippen LogP contribution in [-0.2, 0) is 6.54 Å². The summed E-state index contributed by atoms with van der Waals surface area (Å²) in [6.07, 6.45) is 4.86. The second kappa shape index (κ2) is 7.67. The van der Waals surface area contributed by atoms with Gasteiger partial charge in [-0.3, -0.25) is 4.90 Å². The van der Waals surface area contributed by atoms with E-state index >= 15 is 0 Å². The number of carboxylic acids is 1. The molecular formula is C20H25NO3. The lowest BCUT2D eigenvalue weighted by molar-refractivity contribution is 0.0656. The molecule has 1 N–H and O–H groups in total. The first-order valence-electron chi connectivity index (χ1n) is 8.76. The van der Waals surface area contributed by atoms with Gasteiger partial charge in [-0.25, -0.2) is 4.79 Å². The predicted molar refractivity (Wildman–Crippen MR) is 93.2 cm³/mol. The molecule has 1 aromatic heterocycles. The molecule has 1 aliphatic heterocycles. The van der Waals surface area contributed by atoms with E-state index in [2.05, 4.69) is 42.2 Å². The SMILES string of the molecule is CC(c1ccccc1)C1CCCCCN1Cc1ccc(C(=O)O)o1. The van der Waals surface area contributed by atoms with Crippen molar-refractivity contribution in [2.24, 2.45) is 0 Å². The number of hydrogen-bond acceptors (Lipinski definition) is 3. The Morgan fingerprint density at radius 2 is 2.00 bits per heavy atom. The van der Waals surface area contributed by atoms with Gasteiger partial charge in [0.1, 0.15) is 5.76 Å². The van der Waals surface area contributed by atoms with E-state index in [9.17, 15) is 4.79 Å². The topological polar surface area (TPSA) is 53.7 Å². The number of benzene rings is 1. The maximum Gasteiger partial charge on any atom is 0.371 e. The number of aromatic carboxylic acids is 1. The van der Waals surface area contributed by atoms with E-state index in [1.165, 1.54) is 31.2 Å². The maximum absolute atomic E-state index is 11.0. The van der Waals surface area contributed by atoms with Crippen molar-refractivity contribution >= 4 is 5.97 Å². The lowest BCUT2D eigenvalue weighted by Gasteiger charge is -2.34. The first kappa shape index (κ1) is 16.8. The molecule has 2 aromatic rings. The quantitative estimate of drug-likeness (QED) is 0.877. The molecule has 1 fully saturated rings. The zero-order valence-corrected chi connectivity index (χ0v) is 14.1. The minimum atomic E-state index is -1.01. The summed E-state index contributed by atoms with van der Waals surface area (Å²) in [5.74, 6) is 0.191. The Labute approximate surface area is 143 Å². The van der Waals surface area contributed by atoms with Crippen LogP contribution in [0.25, 0.3) is 0 Å². The molecule has 0 spiro atoms. The summed E-state index contributed by atoms with van der Waals surface area (Å²) < 4.78 is 5.48. The van der Waals surface area contributed by atoms with Crippen LogP contribution in [0.2, 0.25) is 0 Å². The molecule has 1 aliphatic rings. The van der Waals surface area contributed by atoms with Gasteiger partial charge in [0.15, 0.2) is 0 Å². The number of nitrogens with zero attached hydrogens (tertiary/aromatic N) is 1. The summed E-state index contributed by atoms with van der Waals surface area (Å²) in [5.41, 5.74) is 1.36. The average Bonchev–Trinajstić information content (AvgIpc) is 2.94. The Morgan fingerprint density at radius 3 is 2.71 bits per heavy atom. The first-order valence-corrected chi connectivity index (χ1v) is 8.76. The molecule has 2 atom stereocenters. The van der Waals surface area contributed by atoms with Crippen LogP contribution in [0.1, 0.15) is 60.4 Å². The van der Waals surface area contributed by atoms with E-state index in [1.54, 1.807) is 12.1 Å². The molecule has 0 saturated carbocycles. The van der Waals surface area contributed by atoms with Gasteiger partial charge in [-0.15, -0.1) is 0 Å². The number of rotatable bonds is 5. The van der Waals surface area contributed by atoms with Gasteiger partial charge in [0, 0.05) is 6.04 Å². The van der Waals surface area contributed by atoms with Crippen LogP contribution in [-0.4, -0.2) is 28.6 Å². The van der Waals surface area contributed by atoms with E-state index in [0.717, 1.165) is 12.3 Å². The van der Waals surface area contributed by atoms with Gasteiger partial charge in [-0.2, -0.15) is 0 Å². The molecule has 0 bridgehead atoms. The first-order chi connectivity index (χ1) is 11.6. The molecule has 1 saturated heterocycles. The highest BCUT2D eigenvalue weighted by Crippen LogP contribution is 2.30. The highest BCUT2D eigenvalue weighted by molar-refractivity contribution is 5.84. The fraction of sp³-hybridized carbons (Fsp3) is 0.450. The zero-order chi connectivity index (χ0) is 16.9. The Kier molecular flexibility index (Phi) is 5.36. The molecule has 0 amide bonds. The third-order valence-electron chi connectivity index (χ3n) is 5.05. The maximum atomic E-state index is 11.0. The minimum Gasteiger partial charge on any atom is -0.475 e. The number of furan rings is 1. The Balaban J connectivity index is 1.78. The van der Waals surface area contributed by atoms with Gasteiger partial charge in [-0.05, 0) is 43.0 Å². The van der Waals surface area contributed by atoms with Crippen LogP contribution in [0, 0.1) is 0 Å². The second-order valence-corrected chi connectivity index (χ2v) is 6.66. The fourth-order valence-corrected chi connectivity index (χ4v) is 3.71. The van der Waals surface area contributed by atoms with Crippen molar-refractivity contribution in [1.82, 2.24) is 4.90 Å². The third kappa shape index (κ3) is 3.88. The van der Waals surface area contributed by atoms with Crippen molar-refractivity contribution in [3.63, 3.8) is 0 Å². The summed E-state index contributed by atoms with van der Waals surface area (Å²) in [5, 5.41) is 9.03. The standard InChI is InChI=1S/C20H25NO3/c1-15(16-8-4-2-5-9-16)18-10-6-3-7-13-21(18)14-17-11-12-19(24-17)20(22)23/h2,4-5,8-9,11-12,15,18H,3,6-7,10,13-14H2,1H3,(H,22,23). The smallest absolute Gasteiger partial charge is 0.371 e. The average molecular weight is 327 g/mol. The molecule has 128 valence electrons. The summed E-state index contributed by atoms with van der Waals surface area (Å²) >= 11 is 0. The van der Waals surface area contributed by atoms with E-state index < -0.39 is 5.97 Å². The van der Waals surface area contributed by atoms with Crippen molar-refractivity contribution in [2.75, 3.05) is 6.54 Å². The van der Waals surface area contributed by atoms with Crippen LogP contribution in [0.4, 0.5) is 0 Å². The molecule has 4 heteroatoms. The van der Waals surface area contributed by atoms with E-state index in [0.29, 0.717) is 18.5 Å². The van der Waals surface area contributed by atoms with Gasteiger partial charge in [0.25, 0.3) is 0 Å².